The van der Waals surface area contributed by atoms with Crippen molar-refractivity contribution in [3.63, 3.8) is 0 Å². The largest absolute Gasteiger partial charge is 0.478 e. The van der Waals surface area contributed by atoms with E-state index in [9.17, 15) is 13.2 Å². The van der Waals surface area contributed by atoms with E-state index in [1.807, 2.05) is 0 Å². The van der Waals surface area contributed by atoms with Crippen molar-refractivity contribution in [3.05, 3.63) is 54.1 Å². The second-order valence-electron chi connectivity index (χ2n) is 4.03. The number of sulfonamides is 1. The Hall–Kier alpha value is -2.54. The third-order valence-corrected chi connectivity index (χ3v) is 3.99. The lowest BCUT2D eigenvalue weighted by Gasteiger charge is -2.10. The molecule has 0 aromatic heterocycles. The molecular weight excluding hydrogens is 280 g/mol. The molecule has 7 heteroatoms. The van der Waals surface area contributed by atoms with Crippen LogP contribution in [0.1, 0.15) is 10.4 Å². The summed E-state index contributed by atoms with van der Waals surface area (Å²) in [6.45, 7) is 0. The van der Waals surface area contributed by atoms with E-state index in [0.717, 1.165) is 6.07 Å². The Labute approximate surface area is 115 Å². The van der Waals surface area contributed by atoms with E-state index >= 15 is 0 Å². The molecule has 4 N–H and O–H groups in total. The SMILES string of the molecule is Nc1ccc(S(=O)(=O)Nc2ccccc2)c(C(=O)O)c1. The Bertz CT molecular complexity index is 742. The average molecular weight is 292 g/mol. The number of hydrogen-bond donors (Lipinski definition) is 3. The molecule has 0 aliphatic rings. The summed E-state index contributed by atoms with van der Waals surface area (Å²) in [5.74, 6) is -1.36. The number of hydrogen-bond acceptors (Lipinski definition) is 4. The molecule has 20 heavy (non-hydrogen) atoms. The predicted octanol–water partition coefficient (Wildman–Crippen LogP) is 1.77. The van der Waals surface area contributed by atoms with Gasteiger partial charge in [0.1, 0.15) is 4.90 Å². The van der Waals surface area contributed by atoms with Crippen LogP contribution < -0.4 is 10.5 Å². The first kappa shape index (κ1) is 13.9. The lowest BCUT2D eigenvalue weighted by molar-refractivity contribution is 0.0692. The van der Waals surface area contributed by atoms with Gasteiger partial charge in [-0.05, 0) is 30.3 Å². The third-order valence-electron chi connectivity index (χ3n) is 2.55. The molecular formula is C13H12N2O4S. The van der Waals surface area contributed by atoms with Crippen LogP contribution in [0.15, 0.2) is 53.4 Å². The number of carboxylic acids is 1. The second kappa shape index (κ2) is 5.22. The molecule has 0 aliphatic carbocycles. The highest BCUT2D eigenvalue weighted by atomic mass is 32.2. The topological polar surface area (TPSA) is 109 Å². The standard InChI is InChI=1S/C13H12N2O4S/c14-9-6-7-12(11(8-9)13(16)17)20(18,19)15-10-4-2-1-3-5-10/h1-8,15H,14H2,(H,16,17). The minimum Gasteiger partial charge on any atom is -0.478 e. The summed E-state index contributed by atoms with van der Waals surface area (Å²) in [6.07, 6.45) is 0. The van der Waals surface area contributed by atoms with Gasteiger partial charge in [0.2, 0.25) is 0 Å². The Balaban J connectivity index is 2.47. The molecule has 0 amide bonds. The Morgan fingerprint density at radius 1 is 1.10 bits per heavy atom. The van der Waals surface area contributed by atoms with Gasteiger partial charge < -0.3 is 10.8 Å². The van der Waals surface area contributed by atoms with Gasteiger partial charge in [-0.2, -0.15) is 0 Å². The van der Waals surface area contributed by atoms with Gasteiger partial charge in [-0.1, -0.05) is 18.2 Å². The molecule has 0 spiro atoms. The highest BCUT2D eigenvalue weighted by Crippen LogP contribution is 2.21. The van der Waals surface area contributed by atoms with Crippen LogP contribution in [0.25, 0.3) is 0 Å². The average Bonchev–Trinajstić information content (AvgIpc) is 2.38. The van der Waals surface area contributed by atoms with E-state index in [-0.39, 0.29) is 16.1 Å². The summed E-state index contributed by atoms with van der Waals surface area (Å²) in [5.41, 5.74) is 5.64. The van der Waals surface area contributed by atoms with Crippen molar-refractivity contribution < 1.29 is 18.3 Å². The van der Waals surface area contributed by atoms with E-state index in [0.29, 0.717) is 5.69 Å². The zero-order valence-electron chi connectivity index (χ0n) is 10.3. The van der Waals surface area contributed by atoms with Gasteiger partial charge in [0.05, 0.1) is 5.56 Å². The zero-order chi connectivity index (χ0) is 14.8. The summed E-state index contributed by atoms with van der Waals surface area (Å²) >= 11 is 0. The van der Waals surface area contributed by atoms with Crippen molar-refractivity contribution >= 4 is 27.4 Å². The molecule has 0 radical (unpaired) electrons. The fraction of sp³-hybridized carbons (Fsp3) is 0. The molecule has 2 aromatic rings. The molecule has 2 aromatic carbocycles. The molecule has 0 saturated carbocycles. The number of nitrogens with one attached hydrogen (secondary N) is 1. The van der Waals surface area contributed by atoms with E-state index in [1.165, 1.54) is 12.1 Å². The van der Waals surface area contributed by atoms with Crippen LogP contribution in [0.3, 0.4) is 0 Å². The highest BCUT2D eigenvalue weighted by molar-refractivity contribution is 7.92. The van der Waals surface area contributed by atoms with Crippen LogP contribution in [-0.2, 0) is 10.0 Å². The monoisotopic (exact) mass is 292 g/mol. The van der Waals surface area contributed by atoms with Crippen LogP contribution in [0.4, 0.5) is 11.4 Å². The van der Waals surface area contributed by atoms with Crippen molar-refractivity contribution in [1.29, 1.82) is 0 Å². The normalized spacial score (nSPS) is 11.0. The summed E-state index contributed by atoms with van der Waals surface area (Å²) in [7, 11) is -3.99. The Morgan fingerprint density at radius 2 is 1.75 bits per heavy atom. The van der Waals surface area contributed by atoms with E-state index < -0.39 is 16.0 Å². The number of anilines is 2. The Kier molecular flexibility index (Phi) is 3.62. The lowest BCUT2D eigenvalue weighted by Crippen LogP contribution is -2.17. The summed E-state index contributed by atoms with van der Waals surface area (Å²) in [4.78, 5) is 10.8. The maximum Gasteiger partial charge on any atom is 0.337 e. The predicted molar refractivity (Wildman–Crippen MR) is 75.1 cm³/mol. The highest BCUT2D eigenvalue weighted by Gasteiger charge is 2.22. The van der Waals surface area contributed by atoms with Crippen molar-refractivity contribution in [2.45, 2.75) is 4.90 Å². The zero-order valence-corrected chi connectivity index (χ0v) is 11.1. The van der Waals surface area contributed by atoms with E-state index in [2.05, 4.69) is 4.72 Å². The lowest BCUT2D eigenvalue weighted by atomic mass is 10.2. The summed E-state index contributed by atoms with van der Waals surface area (Å²) in [6, 6.07) is 11.8. The molecule has 0 unspecified atom stereocenters. The molecule has 0 atom stereocenters. The minimum atomic E-state index is -3.99. The molecule has 0 aliphatic heterocycles. The van der Waals surface area contributed by atoms with E-state index in [4.69, 9.17) is 10.8 Å². The third kappa shape index (κ3) is 2.89. The first-order valence-corrected chi connectivity index (χ1v) is 7.09. The summed E-state index contributed by atoms with van der Waals surface area (Å²) < 4.78 is 26.8. The second-order valence-corrected chi connectivity index (χ2v) is 5.68. The van der Waals surface area contributed by atoms with Crippen molar-refractivity contribution in [3.8, 4) is 0 Å². The van der Waals surface area contributed by atoms with Gasteiger partial charge >= 0.3 is 5.97 Å². The molecule has 104 valence electrons. The van der Waals surface area contributed by atoms with Crippen LogP contribution in [-0.4, -0.2) is 19.5 Å². The molecule has 0 bridgehead atoms. The molecule has 0 heterocycles. The number of rotatable bonds is 4. The fourth-order valence-corrected chi connectivity index (χ4v) is 2.90. The number of carboxylic acid groups (broad SMARTS) is 1. The van der Waals surface area contributed by atoms with Crippen molar-refractivity contribution in [1.82, 2.24) is 0 Å². The quantitative estimate of drug-likeness (QED) is 0.744. The number of carbonyl (C=O) groups is 1. The molecule has 0 saturated heterocycles. The number of nitrogens with two attached hydrogens (primary N) is 1. The van der Waals surface area contributed by atoms with Crippen LogP contribution in [0, 0.1) is 0 Å². The van der Waals surface area contributed by atoms with Crippen molar-refractivity contribution in [2.75, 3.05) is 10.5 Å². The number of aromatic carboxylic acids is 1. The number of nitrogen functional groups attached to an aromatic ring is 1. The van der Waals surface area contributed by atoms with E-state index in [1.54, 1.807) is 30.3 Å². The maximum atomic E-state index is 12.2. The van der Waals surface area contributed by atoms with Gasteiger partial charge in [0, 0.05) is 11.4 Å². The van der Waals surface area contributed by atoms with Crippen LogP contribution in [0.5, 0.6) is 0 Å². The molecule has 2 rings (SSSR count). The maximum absolute atomic E-state index is 12.2. The number of para-hydroxylation sites is 1. The smallest absolute Gasteiger partial charge is 0.337 e. The van der Waals surface area contributed by atoms with Crippen LogP contribution >= 0.6 is 0 Å². The van der Waals surface area contributed by atoms with Gasteiger partial charge in [0.15, 0.2) is 0 Å². The number of benzene rings is 2. The van der Waals surface area contributed by atoms with Gasteiger partial charge in [0.25, 0.3) is 10.0 Å². The Morgan fingerprint density at radius 3 is 2.35 bits per heavy atom. The molecule has 6 nitrogen and oxygen atoms in total. The van der Waals surface area contributed by atoms with Crippen LogP contribution in [0.2, 0.25) is 0 Å². The van der Waals surface area contributed by atoms with Gasteiger partial charge in [-0.3, -0.25) is 4.72 Å². The van der Waals surface area contributed by atoms with Gasteiger partial charge in [-0.15, -0.1) is 0 Å². The first-order chi connectivity index (χ1) is 9.40. The fourth-order valence-electron chi connectivity index (χ4n) is 1.67. The molecule has 0 fully saturated rings. The van der Waals surface area contributed by atoms with Crippen molar-refractivity contribution in [2.24, 2.45) is 0 Å². The van der Waals surface area contributed by atoms with Gasteiger partial charge in [-0.25, -0.2) is 13.2 Å². The first-order valence-electron chi connectivity index (χ1n) is 5.61. The minimum absolute atomic E-state index is 0.182. The summed E-state index contributed by atoms with van der Waals surface area (Å²) in [5, 5.41) is 9.07.